The van der Waals surface area contributed by atoms with Crippen LogP contribution in [0, 0.1) is 11.8 Å². The summed E-state index contributed by atoms with van der Waals surface area (Å²) in [5.74, 6) is 0.865. The number of carbonyl (C=O) groups excluding carboxylic acids is 1. The Morgan fingerprint density at radius 2 is 2.17 bits per heavy atom. The molecule has 0 aromatic heterocycles. The van der Waals surface area contributed by atoms with Crippen LogP contribution in [-0.4, -0.2) is 22.2 Å². The van der Waals surface area contributed by atoms with Gasteiger partial charge in [-0.1, -0.05) is 48.6 Å². The minimum Gasteiger partial charge on any atom is -0.461 e. The molecular formula is C19H19NO2S. The van der Waals surface area contributed by atoms with E-state index in [1.54, 1.807) is 0 Å². The molecule has 2 heterocycles. The van der Waals surface area contributed by atoms with Crippen molar-refractivity contribution in [1.29, 1.82) is 0 Å². The van der Waals surface area contributed by atoms with Gasteiger partial charge in [-0.25, -0.2) is 0 Å². The molecule has 0 amide bonds. The Morgan fingerprint density at radius 3 is 3.04 bits per heavy atom. The van der Waals surface area contributed by atoms with Crippen molar-refractivity contribution in [3.05, 3.63) is 60.3 Å². The number of carbonyl (C=O) groups is 1. The van der Waals surface area contributed by atoms with Crippen molar-refractivity contribution in [2.45, 2.75) is 24.2 Å². The second-order valence-corrected chi connectivity index (χ2v) is 7.57. The summed E-state index contributed by atoms with van der Waals surface area (Å²) in [6.45, 7) is 0.352. The minimum atomic E-state index is -0.0799. The van der Waals surface area contributed by atoms with E-state index in [1.807, 2.05) is 48.3 Å². The molecule has 3 nitrogen and oxygen atoms in total. The van der Waals surface area contributed by atoms with E-state index >= 15 is 0 Å². The predicted molar refractivity (Wildman–Crippen MR) is 93.4 cm³/mol. The summed E-state index contributed by atoms with van der Waals surface area (Å²) in [5.41, 5.74) is 2.25. The van der Waals surface area contributed by atoms with Gasteiger partial charge in [0.2, 0.25) is 0 Å². The van der Waals surface area contributed by atoms with Crippen molar-refractivity contribution in [3.63, 3.8) is 0 Å². The molecule has 1 aliphatic carbocycles. The third kappa shape index (κ3) is 2.55. The molecule has 23 heavy (non-hydrogen) atoms. The number of hydrogen-bond acceptors (Lipinski definition) is 4. The molecule has 0 saturated carbocycles. The summed E-state index contributed by atoms with van der Waals surface area (Å²) in [5, 5.41) is 0. The molecule has 3 aliphatic rings. The van der Waals surface area contributed by atoms with Crippen LogP contribution in [0.15, 0.2) is 59.8 Å². The van der Waals surface area contributed by atoms with Gasteiger partial charge in [0, 0.05) is 30.0 Å². The molecule has 1 saturated heterocycles. The van der Waals surface area contributed by atoms with E-state index in [4.69, 9.17) is 4.74 Å². The van der Waals surface area contributed by atoms with Crippen molar-refractivity contribution >= 4 is 23.4 Å². The Morgan fingerprint density at radius 1 is 1.30 bits per heavy atom. The number of nitrogens with zero attached hydrogens (tertiary/aromatic N) is 1. The zero-order valence-corrected chi connectivity index (χ0v) is 13.7. The molecule has 118 valence electrons. The average molecular weight is 325 g/mol. The number of aliphatic imine (C=N–C) groups is 1. The molecule has 1 fully saturated rings. The molecule has 1 aromatic rings. The maximum absolute atomic E-state index is 12.6. The molecule has 3 atom stereocenters. The van der Waals surface area contributed by atoms with Gasteiger partial charge in [-0.2, -0.15) is 0 Å². The van der Waals surface area contributed by atoms with Crippen LogP contribution in [-0.2, 0) is 16.1 Å². The summed E-state index contributed by atoms with van der Waals surface area (Å²) in [6.07, 6.45) is 10.3. The Labute approximate surface area is 140 Å². The van der Waals surface area contributed by atoms with Crippen LogP contribution in [0.5, 0.6) is 0 Å². The number of allylic oxidation sites excluding steroid dienone is 3. The van der Waals surface area contributed by atoms with Gasteiger partial charge in [-0.15, -0.1) is 11.8 Å². The second kappa shape index (κ2) is 6.00. The van der Waals surface area contributed by atoms with Crippen LogP contribution in [0.4, 0.5) is 0 Å². The molecule has 2 aliphatic heterocycles. The number of thioether (sulfide) groups is 1. The van der Waals surface area contributed by atoms with Crippen molar-refractivity contribution in [2.75, 3.05) is 5.75 Å². The molecule has 1 spiro atoms. The van der Waals surface area contributed by atoms with E-state index in [9.17, 15) is 4.79 Å². The van der Waals surface area contributed by atoms with Crippen LogP contribution < -0.4 is 0 Å². The van der Waals surface area contributed by atoms with Crippen molar-refractivity contribution in [3.8, 4) is 0 Å². The molecule has 1 aromatic carbocycles. The molecular weight excluding hydrogens is 306 g/mol. The highest BCUT2D eigenvalue weighted by Crippen LogP contribution is 2.53. The van der Waals surface area contributed by atoms with Gasteiger partial charge in [0.05, 0.1) is 10.7 Å². The highest BCUT2D eigenvalue weighted by Gasteiger charge is 2.54. The summed E-state index contributed by atoms with van der Waals surface area (Å²) < 4.78 is 5.58. The average Bonchev–Trinajstić information content (AvgIpc) is 2.98. The van der Waals surface area contributed by atoms with E-state index in [0.717, 1.165) is 24.2 Å². The monoisotopic (exact) mass is 325 g/mol. The first kappa shape index (κ1) is 14.8. The fraction of sp³-hybridized carbons (Fsp3) is 0.368. The van der Waals surface area contributed by atoms with Gasteiger partial charge >= 0.3 is 5.97 Å². The largest absolute Gasteiger partial charge is 0.461 e. The Kier molecular flexibility index (Phi) is 3.85. The summed E-state index contributed by atoms with van der Waals surface area (Å²) >= 11 is 1.88. The van der Waals surface area contributed by atoms with Crippen LogP contribution in [0.3, 0.4) is 0 Å². The van der Waals surface area contributed by atoms with Crippen LogP contribution in [0.25, 0.3) is 0 Å². The quantitative estimate of drug-likeness (QED) is 0.627. The van der Waals surface area contributed by atoms with Gasteiger partial charge in [-0.3, -0.25) is 9.79 Å². The van der Waals surface area contributed by atoms with Crippen molar-refractivity contribution in [1.82, 2.24) is 0 Å². The van der Waals surface area contributed by atoms with E-state index in [0.29, 0.717) is 6.61 Å². The third-order valence-corrected chi connectivity index (χ3v) is 6.65. The van der Waals surface area contributed by atoms with Crippen LogP contribution in [0.1, 0.15) is 18.4 Å². The Bertz CT molecular complexity index is 695. The lowest BCUT2D eigenvalue weighted by atomic mass is 9.74. The van der Waals surface area contributed by atoms with Crippen molar-refractivity contribution < 1.29 is 9.53 Å². The van der Waals surface area contributed by atoms with Gasteiger partial charge in [0.25, 0.3) is 0 Å². The normalized spacial score (nSPS) is 31.2. The first-order chi connectivity index (χ1) is 11.3. The van der Waals surface area contributed by atoms with E-state index < -0.39 is 0 Å². The van der Waals surface area contributed by atoms with E-state index in [-0.39, 0.29) is 22.6 Å². The highest BCUT2D eigenvalue weighted by atomic mass is 32.2. The first-order valence-electron chi connectivity index (χ1n) is 8.03. The molecule has 4 rings (SSSR count). The maximum Gasteiger partial charge on any atom is 0.310 e. The molecule has 0 radical (unpaired) electrons. The van der Waals surface area contributed by atoms with Crippen LogP contribution in [0.2, 0.25) is 0 Å². The standard InChI is InChI=1S/C19H19NO2S/c21-18(22-12-14-6-2-1-3-7-14)15-13-23-19-10-5-4-8-17(19)20-11-9-16(15)19/h1-7,9,11,15-16H,8,10,12-13H2. The zero-order chi connectivity index (χ0) is 15.7. The maximum atomic E-state index is 12.6. The SMILES string of the molecule is O=C(OCc1ccccc1)C1CSC23CC=CCC2=NC=CC13. The minimum absolute atomic E-state index is 0.0140. The Balaban J connectivity index is 1.48. The molecule has 0 N–H and O–H groups in total. The number of rotatable bonds is 3. The third-order valence-electron chi connectivity index (χ3n) is 4.93. The lowest BCUT2D eigenvalue weighted by Crippen LogP contribution is -2.44. The summed E-state index contributed by atoms with van der Waals surface area (Å²) in [7, 11) is 0. The number of ether oxygens (including phenoxy) is 1. The molecule has 3 unspecified atom stereocenters. The van der Waals surface area contributed by atoms with Gasteiger partial charge in [-0.05, 0) is 12.0 Å². The second-order valence-electron chi connectivity index (χ2n) is 6.22. The highest BCUT2D eigenvalue weighted by molar-refractivity contribution is 8.01. The number of benzene rings is 1. The molecule has 0 bridgehead atoms. The van der Waals surface area contributed by atoms with Crippen molar-refractivity contribution in [2.24, 2.45) is 16.8 Å². The fourth-order valence-corrected chi connectivity index (χ4v) is 5.48. The van der Waals surface area contributed by atoms with E-state index in [1.165, 1.54) is 5.71 Å². The first-order valence-corrected chi connectivity index (χ1v) is 9.01. The number of hydrogen-bond donors (Lipinski definition) is 0. The summed E-state index contributed by atoms with van der Waals surface area (Å²) in [4.78, 5) is 17.2. The smallest absolute Gasteiger partial charge is 0.310 e. The Hall–Kier alpha value is -1.81. The van der Waals surface area contributed by atoms with Gasteiger partial charge in [0.1, 0.15) is 6.61 Å². The lowest BCUT2D eigenvalue weighted by Gasteiger charge is -2.38. The zero-order valence-electron chi connectivity index (χ0n) is 12.9. The van der Waals surface area contributed by atoms with Gasteiger partial charge < -0.3 is 4.74 Å². The summed E-state index contributed by atoms with van der Waals surface area (Å²) in [6, 6.07) is 9.85. The van der Waals surface area contributed by atoms with Gasteiger partial charge in [0.15, 0.2) is 0 Å². The fourth-order valence-electron chi connectivity index (χ4n) is 3.71. The lowest BCUT2D eigenvalue weighted by molar-refractivity contribution is -0.150. The molecule has 4 heteroatoms. The predicted octanol–water partition coefficient (Wildman–Crippen LogP) is 3.77. The van der Waals surface area contributed by atoms with E-state index in [2.05, 4.69) is 23.2 Å². The van der Waals surface area contributed by atoms with Crippen LogP contribution >= 0.6 is 11.8 Å². The number of esters is 1. The topological polar surface area (TPSA) is 38.7 Å².